The number of aromatic nitrogens is 3. The molecule has 0 spiro atoms. The van der Waals surface area contributed by atoms with E-state index < -0.39 is 0 Å². The molecule has 6 heteroatoms. The van der Waals surface area contributed by atoms with Crippen LogP contribution in [0.25, 0.3) is 21.5 Å². The lowest BCUT2D eigenvalue weighted by atomic mass is 10.2. The Morgan fingerprint density at radius 2 is 2.22 bits per heavy atom. The maximum atomic E-state index is 5.61. The van der Waals surface area contributed by atoms with Crippen LogP contribution in [-0.2, 0) is 6.54 Å². The van der Waals surface area contributed by atoms with Gasteiger partial charge in [0, 0.05) is 6.54 Å². The van der Waals surface area contributed by atoms with Gasteiger partial charge in [0.15, 0.2) is 0 Å². The molecule has 0 unspecified atom stereocenters. The number of nitrogens with one attached hydrogen (secondary N) is 1. The summed E-state index contributed by atoms with van der Waals surface area (Å²) >= 11 is 5.09. The predicted octanol–water partition coefficient (Wildman–Crippen LogP) is 3.22. The monoisotopic (exact) mass is 322 g/mol. The molecular weight excluding hydrogens is 312 g/mol. The summed E-state index contributed by atoms with van der Waals surface area (Å²) in [5.74, 6) is 0.924. The van der Waals surface area contributed by atoms with Gasteiger partial charge in [0.1, 0.15) is 15.4 Å². The molecule has 0 saturated carbocycles. The minimum atomic E-state index is 0.467. The topological polar surface area (TPSA) is 67.6 Å². The van der Waals surface area contributed by atoms with Gasteiger partial charge in [-0.2, -0.15) is 0 Å². The van der Waals surface area contributed by atoms with Crippen LogP contribution in [-0.4, -0.2) is 15.0 Å². The highest BCUT2D eigenvalue weighted by atomic mass is 79.9. The zero-order chi connectivity index (χ0) is 12.7. The number of aromatic amines is 1. The molecule has 4 nitrogen and oxygen atoms in total. The number of H-pyrrole nitrogens is 1. The lowest BCUT2D eigenvalue weighted by Crippen LogP contribution is -1.93. The summed E-state index contributed by atoms with van der Waals surface area (Å²) in [5.41, 5.74) is 8.76. The maximum Gasteiger partial charge on any atom is 0.125 e. The Kier molecular flexibility index (Phi) is 2.93. The van der Waals surface area contributed by atoms with Crippen molar-refractivity contribution in [3.63, 3.8) is 0 Å². The third kappa shape index (κ3) is 1.96. The number of nitrogens with two attached hydrogens (primary N) is 1. The van der Waals surface area contributed by atoms with Gasteiger partial charge in [-0.15, -0.1) is 11.3 Å². The van der Waals surface area contributed by atoms with Gasteiger partial charge in [0.05, 0.1) is 15.9 Å². The first kappa shape index (κ1) is 11.8. The maximum absolute atomic E-state index is 5.61. The first-order valence-corrected chi connectivity index (χ1v) is 7.10. The molecule has 0 radical (unpaired) electrons. The van der Waals surface area contributed by atoms with Crippen LogP contribution in [0.3, 0.4) is 0 Å². The third-order valence-corrected chi connectivity index (χ3v) is 4.63. The van der Waals surface area contributed by atoms with Gasteiger partial charge in [0.25, 0.3) is 0 Å². The fraction of sp³-hybridized carbons (Fsp3) is 0.167. The van der Waals surface area contributed by atoms with Crippen LogP contribution in [0.1, 0.15) is 10.8 Å². The summed E-state index contributed by atoms with van der Waals surface area (Å²) < 4.78 is 0.850. The van der Waals surface area contributed by atoms with Crippen molar-refractivity contribution >= 4 is 38.3 Å². The van der Waals surface area contributed by atoms with E-state index in [2.05, 4.69) is 43.0 Å². The number of imidazole rings is 1. The summed E-state index contributed by atoms with van der Waals surface area (Å²) in [6.45, 7) is 2.42. The third-order valence-electron chi connectivity index (χ3n) is 2.67. The average molecular weight is 323 g/mol. The van der Waals surface area contributed by atoms with Crippen molar-refractivity contribution in [1.29, 1.82) is 0 Å². The zero-order valence-electron chi connectivity index (χ0n) is 9.70. The number of hydrogen-bond acceptors (Lipinski definition) is 4. The zero-order valence-corrected chi connectivity index (χ0v) is 12.1. The van der Waals surface area contributed by atoms with Crippen LogP contribution >= 0.6 is 27.3 Å². The SMILES string of the molecule is Cc1nc2ccc(-c3sc(CN)nc3Br)cc2[nH]1. The van der Waals surface area contributed by atoms with Crippen molar-refractivity contribution in [3.8, 4) is 10.4 Å². The molecular formula is C12H11BrN4S. The molecule has 0 bridgehead atoms. The second-order valence-corrected chi connectivity index (χ2v) is 5.82. The van der Waals surface area contributed by atoms with Crippen molar-refractivity contribution in [2.45, 2.75) is 13.5 Å². The standard InChI is InChI=1S/C12H11BrN4S/c1-6-15-8-3-2-7(4-9(8)16-6)11-12(13)17-10(5-14)18-11/h2-4H,5,14H2,1H3,(H,15,16). The highest BCUT2D eigenvalue weighted by Gasteiger charge is 2.11. The van der Waals surface area contributed by atoms with Crippen LogP contribution in [0.4, 0.5) is 0 Å². The normalized spacial score (nSPS) is 11.3. The average Bonchev–Trinajstić information content (AvgIpc) is 2.89. The van der Waals surface area contributed by atoms with E-state index >= 15 is 0 Å². The van der Waals surface area contributed by atoms with Crippen LogP contribution in [0.15, 0.2) is 22.8 Å². The Labute approximate surface area is 116 Å². The number of benzene rings is 1. The number of rotatable bonds is 2. The van der Waals surface area contributed by atoms with Gasteiger partial charge < -0.3 is 10.7 Å². The van der Waals surface area contributed by atoms with Gasteiger partial charge in [-0.25, -0.2) is 9.97 Å². The molecule has 1 aromatic carbocycles. The molecule has 2 heterocycles. The summed E-state index contributed by atoms with van der Waals surface area (Å²) in [5, 5.41) is 0.928. The Balaban J connectivity index is 2.15. The van der Waals surface area contributed by atoms with Crippen LogP contribution < -0.4 is 5.73 Å². The molecule has 0 aliphatic heterocycles. The van der Waals surface area contributed by atoms with Crippen LogP contribution in [0.2, 0.25) is 0 Å². The number of nitrogens with zero attached hydrogens (tertiary/aromatic N) is 2. The van der Waals surface area contributed by atoms with Gasteiger partial charge in [-0.3, -0.25) is 0 Å². The molecule has 92 valence electrons. The minimum Gasteiger partial charge on any atom is -0.342 e. The molecule has 2 aromatic heterocycles. The van der Waals surface area contributed by atoms with Gasteiger partial charge in [0.2, 0.25) is 0 Å². The van der Waals surface area contributed by atoms with E-state index in [4.69, 9.17) is 5.73 Å². The van der Waals surface area contributed by atoms with Crippen molar-refractivity contribution in [2.24, 2.45) is 5.73 Å². The molecule has 3 aromatic rings. The summed E-state index contributed by atoms with van der Waals surface area (Å²) in [6, 6.07) is 6.16. The molecule has 0 fully saturated rings. The molecule has 0 saturated heterocycles. The second-order valence-electron chi connectivity index (χ2n) is 3.99. The van der Waals surface area contributed by atoms with Gasteiger partial charge >= 0.3 is 0 Å². The molecule has 0 amide bonds. The molecule has 0 aliphatic rings. The number of thiazole rings is 1. The Morgan fingerprint density at radius 3 is 2.94 bits per heavy atom. The van der Waals surface area contributed by atoms with E-state index in [0.717, 1.165) is 36.9 Å². The Hall–Kier alpha value is -1.24. The highest BCUT2D eigenvalue weighted by molar-refractivity contribution is 9.10. The number of fused-ring (bicyclic) bond motifs is 1. The smallest absolute Gasteiger partial charge is 0.125 e. The quantitative estimate of drug-likeness (QED) is 0.761. The van der Waals surface area contributed by atoms with Crippen LogP contribution in [0, 0.1) is 6.92 Å². The van der Waals surface area contributed by atoms with E-state index in [-0.39, 0.29) is 0 Å². The fourth-order valence-electron chi connectivity index (χ4n) is 1.89. The first-order chi connectivity index (χ1) is 8.67. The highest BCUT2D eigenvalue weighted by Crippen LogP contribution is 2.34. The fourth-order valence-corrected chi connectivity index (χ4v) is 3.52. The van der Waals surface area contributed by atoms with E-state index in [1.165, 1.54) is 0 Å². The number of halogens is 1. The van der Waals surface area contributed by atoms with E-state index in [1.54, 1.807) is 11.3 Å². The lowest BCUT2D eigenvalue weighted by Gasteiger charge is -1.97. The van der Waals surface area contributed by atoms with Crippen molar-refractivity contribution in [2.75, 3.05) is 0 Å². The van der Waals surface area contributed by atoms with E-state index in [0.29, 0.717) is 6.54 Å². The van der Waals surface area contributed by atoms with Crippen LogP contribution in [0.5, 0.6) is 0 Å². The Morgan fingerprint density at radius 1 is 1.39 bits per heavy atom. The minimum absolute atomic E-state index is 0.467. The number of aryl methyl sites for hydroxylation is 1. The molecule has 0 aliphatic carbocycles. The van der Waals surface area contributed by atoms with Crippen molar-refractivity contribution in [1.82, 2.24) is 15.0 Å². The first-order valence-electron chi connectivity index (χ1n) is 5.49. The largest absolute Gasteiger partial charge is 0.342 e. The predicted molar refractivity (Wildman–Crippen MR) is 77.5 cm³/mol. The summed E-state index contributed by atoms with van der Waals surface area (Å²) in [7, 11) is 0. The summed E-state index contributed by atoms with van der Waals surface area (Å²) in [6.07, 6.45) is 0. The van der Waals surface area contributed by atoms with Gasteiger partial charge in [-0.1, -0.05) is 6.07 Å². The second kappa shape index (κ2) is 4.46. The molecule has 3 N–H and O–H groups in total. The van der Waals surface area contributed by atoms with Crippen molar-refractivity contribution in [3.05, 3.63) is 33.6 Å². The molecule has 3 rings (SSSR count). The van der Waals surface area contributed by atoms with E-state index in [9.17, 15) is 0 Å². The van der Waals surface area contributed by atoms with Crippen molar-refractivity contribution < 1.29 is 0 Å². The van der Waals surface area contributed by atoms with Gasteiger partial charge in [-0.05, 0) is 40.5 Å². The lowest BCUT2D eigenvalue weighted by molar-refractivity contribution is 1.03. The molecule has 0 atom stereocenters. The van der Waals surface area contributed by atoms with E-state index in [1.807, 2.05) is 13.0 Å². The Bertz CT molecular complexity index is 716. The summed E-state index contributed by atoms with van der Waals surface area (Å²) in [4.78, 5) is 13.1. The number of hydrogen-bond donors (Lipinski definition) is 2. The molecule has 18 heavy (non-hydrogen) atoms.